The Bertz CT molecular complexity index is 524. The summed E-state index contributed by atoms with van der Waals surface area (Å²) in [7, 11) is 0. The third-order valence-corrected chi connectivity index (χ3v) is 5.52. The van der Waals surface area contributed by atoms with Crippen LogP contribution in [0.4, 0.5) is 0 Å². The van der Waals surface area contributed by atoms with Gasteiger partial charge in [-0.15, -0.1) is 11.3 Å². The number of rotatable bonds is 6. The van der Waals surface area contributed by atoms with Crippen LogP contribution < -0.4 is 5.32 Å². The minimum atomic E-state index is -0.135. The fourth-order valence-corrected chi connectivity index (χ4v) is 4.22. The van der Waals surface area contributed by atoms with Gasteiger partial charge in [-0.1, -0.05) is 12.8 Å². The van der Waals surface area contributed by atoms with E-state index < -0.39 is 0 Å². The summed E-state index contributed by atoms with van der Waals surface area (Å²) in [6.07, 6.45) is 6.65. The Morgan fingerprint density at radius 3 is 2.90 bits per heavy atom. The average molecular weight is 329 g/mol. The minimum Gasteiger partial charge on any atom is -0.393 e. The van der Waals surface area contributed by atoms with Crippen LogP contribution >= 0.6 is 23.6 Å². The Morgan fingerprint density at radius 2 is 2.24 bits per heavy atom. The maximum absolute atomic E-state index is 11.9. The molecule has 6 heteroatoms. The van der Waals surface area contributed by atoms with E-state index in [0.29, 0.717) is 18.9 Å². The van der Waals surface area contributed by atoms with Crippen LogP contribution in [-0.4, -0.2) is 28.6 Å². The van der Waals surface area contributed by atoms with Gasteiger partial charge in [0.2, 0.25) is 5.91 Å². The van der Waals surface area contributed by atoms with Gasteiger partial charge in [0.25, 0.3) is 0 Å². The normalized spacial score (nSPS) is 22.2. The Balaban J connectivity index is 1.65. The highest BCUT2D eigenvalue weighted by Gasteiger charge is 2.22. The summed E-state index contributed by atoms with van der Waals surface area (Å²) in [6, 6.07) is 0. The van der Waals surface area contributed by atoms with E-state index in [4.69, 9.17) is 12.2 Å². The van der Waals surface area contributed by atoms with Gasteiger partial charge in [0.1, 0.15) is 0 Å². The molecule has 1 heterocycles. The van der Waals surface area contributed by atoms with Crippen molar-refractivity contribution in [2.24, 2.45) is 5.92 Å². The van der Waals surface area contributed by atoms with Crippen molar-refractivity contribution >= 4 is 29.5 Å². The molecule has 1 aliphatic carbocycles. The number of carbonyl (C=O) groups is 1. The molecule has 1 aliphatic rings. The molecule has 0 spiro atoms. The molecule has 0 aromatic carbocycles. The van der Waals surface area contributed by atoms with Gasteiger partial charge < -0.3 is 15.4 Å². The topological polar surface area (TPSA) is 65.1 Å². The number of nitrogens with one attached hydrogen (secondary N) is 2. The van der Waals surface area contributed by atoms with Crippen molar-refractivity contribution in [1.29, 1.82) is 0 Å². The number of hydrogen-bond donors (Lipinski definition) is 3. The van der Waals surface area contributed by atoms with Crippen molar-refractivity contribution in [2.75, 3.05) is 6.54 Å². The van der Waals surface area contributed by atoms with Gasteiger partial charge in [0.05, 0.1) is 12.5 Å². The zero-order chi connectivity index (χ0) is 15.2. The Labute approximate surface area is 135 Å². The standard InChI is InChI=1S/C15H24N2O2S2/c1-10-13(21-15(20)17-10)9-14(19)16-8-4-6-11-5-2-3-7-12(11)18/h11-12,18H,2-9H2,1H3,(H,16,19)(H,17,20)/t11-,12+/m0/s1. The molecule has 0 aliphatic heterocycles. The molecule has 21 heavy (non-hydrogen) atoms. The van der Waals surface area contributed by atoms with Gasteiger partial charge in [-0.2, -0.15) is 0 Å². The summed E-state index contributed by atoms with van der Waals surface area (Å²) < 4.78 is 0.724. The predicted molar refractivity (Wildman–Crippen MR) is 88.2 cm³/mol. The Kier molecular flexibility index (Phi) is 6.39. The third-order valence-electron chi connectivity index (χ3n) is 4.19. The minimum absolute atomic E-state index is 0.0487. The molecule has 2 rings (SSSR count). The first-order valence-electron chi connectivity index (χ1n) is 7.69. The van der Waals surface area contributed by atoms with Crippen LogP contribution in [0.25, 0.3) is 0 Å². The maximum atomic E-state index is 11.9. The third kappa shape index (κ3) is 5.20. The van der Waals surface area contributed by atoms with E-state index in [1.807, 2.05) is 6.92 Å². The lowest BCUT2D eigenvalue weighted by molar-refractivity contribution is -0.120. The molecule has 0 saturated heterocycles. The van der Waals surface area contributed by atoms with Crippen LogP contribution in [0.2, 0.25) is 0 Å². The van der Waals surface area contributed by atoms with E-state index >= 15 is 0 Å². The van der Waals surface area contributed by atoms with E-state index in [-0.39, 0.29) is 12.0 Å². The van der Waals surface area contributed by atoms with Gasteiger partial charge in [0, 0.05) is 17.1 Å². The summed E-state index contributed by atoms with van der Waals surface area (Å²) in [6.45, 7) is 2.64. The summed E-state index contributed by atoms with van der Waals surface area (Å²) >= 11 is 6.54. The van der Waals surface area contributed by atoms with Gasteiger partial charge >= 0.3 is 0 Å². The van der Waals surface area contributed by atoms with E-state index in [1.165, 1.54) is 17.8 Å². The molecule has 3 N–H and O–H groups in total. The number of aromatic amines is 1. The summed E-state index contributed by atoms with van der Waals surface area (Å²) in [5.74, 6) is 0.472. The highest BCUT2D eigenvalue weighted by molar-refractivity contribution is 7.73. The smallest absolute Gasteiger partial charge is 0.225 e. The second kappa shape index (κ2) is 8.06. The largest absolute Gasteiger partial charge is 0.393 e. The Morgan fingerprint density at radius 1 is 1.48 bits per heavy atom. The van der Waals surface area contributed by atoms with Crippen LogP contribution in [-0.2, 0) is 11.2 Å². The van der Waals surface area contributed by atoms with Gasteiger partial charge in [-0.3, -0.25) is 4.79 Å². The first kappa shape index (κ1) is 16.6. The molecule has 0 bridgehead atoms. The van der Waals surface area contributed by atoms with Crippen molar-refractivity contribution in [2.45, 2.75) is 58.0 Å². The van der Waals surface area contributed by atoms with Crippen LogP contribution in [0.5, 0.6) is 0 Å². The molecule has 1 aromatic heterocycles. The second-order valence-electron chi connectivity index (χ2n) is 5.84. The van der Waals surface area contributed by atoms with E-state index in [2.05, 4.69) is 10.3 Å². The molecule has 2 atom stereocenters. The number of thiazole rings is 1. The van der Waals surface area contributed by atoms with Crippen molar-refractivity contribution in [1.82, 2.24) is 10.3 Å². The molecule has 4 nitrogen and oxygen atoms in total. The summed E-state index contributed by atoms with van der Waals surface area (Å²) in [4.78, 5) is 16.0. The van der Waals surface area contributed by atoms with E-state index in [1.54, 1.807) is 0 Å². The van der Waals surface area contributed by atoms with E-state index in [0.717, 1.165) is 46.6 Å². The molecule has 118 valence electrons. The molecular weight excluding hydrogens is 304 g/mol. The summed E-state index contributed by atoms with van der Waals surface area (Å²) in [5, 5.41) is 12.9. The van der Waals surface area contributed by atoms with E-state index in [9.17, 15) is 9.90 Å². The van der Waals surface area contributed by atoms with Gasteiger partial charge in [-0.05, 0) is 50.7 Å². The SMILES string of the molecule is Cc1[nH]c(=S)sc1CC(=O)NCCC[C@@H]1CCCC[C@H]1O. The molecule has 1 fully saturated rings. The lowest BCUT2D eigenvalue weighted by Gasteiger charge is -2.27. The lowest BCUT2D eigenvalue weighted by Crippen LogP contribution is -2.28. The molecule has 1 amide bonds. The maximum Gasteiger partial charge on any atom is 0.225 e. The predicted octanol–water partition coefficient (Wildman–Crippen LogP) is 3.10. The molecule has 1 aromatic rings. The lowest BCUT2D eigenvalue weighted by atomic mass is 9.83. The quantitative estimate of drug-likeness (QED) is 0.555. The van der Waals surface area contributed by atoms with Gasteiger partial charge in [0.15, 0.2) is 3.95 Å². The van der Waals surface area contributed by atoms with Gasteiger partial charge in [-0.25, -0.2) is 0 Å². The fraction of sp³-hybridized carbons (Fsp3) is 0.733. The number of aliphatic hydroxyl groups excluding tert-OH is 1. The van der Waals surface area contributed by atoms with Crippen LogP contribution in [0.3, 0.4) is 0 Å². The number of carbonyl (C=O) groups excluding carboxylic acids is 1. The first-order chi connectivity index (χ1) is 10.1. The molecule has 0 unspecified atom stereocenters. The number of amides is 1. The summed E-state index contributed by atoms with van der Waals surface area (Å²) in [5.41, 5.74) is 0.991. The number of aryl methyl sites for hydroxylation is 1. The highest BCUT2D eigenvalue weighted by Crippen LogP contribution is 2.27. The van der Waals surface area contributed by atoms with Crippen LogP contribution in [0, 0.1) is 16.8 Å². The zero-order valence-electron chi connectivity index (χ0n) is 12.5. The fourth-order valence-electron chi connectivity index (χ4n) is 2.93. The van der Waals surface area contributed by atoms with Crippen molar-refractivity contribution in [3.63, 3.8) is 0 Å². The van der Waals surface area contributed by atoms with Crippen LogP contribution in [0.1, 0.15) is 49.1 Å². The monoisotopic (exact) mass is 328 g/mol. The molecule has 0 radical (unpaired) electrons. The second-order valence-corrected chi connectivity index (χ2v) is 7.62. The number of aliphatic hydroxyl groups is 1. The number of hydrogen-bond acceptors (Lipinski definition) is 4. The number of H-pyrrole nitrogens is 1. The highest BCUT2D eigenvalue weighted by atomic mass is 32.1. The molecule has 1 saturated carbocycles. The average Bonchev–Trinajstić information content (AvgIpc) is 2.75. The van der Waals surface area contributed by atoms with Crippen LogP contribution in [0.15, 0.2) is 0 Å². The van der Waals surface area contributed by atoms with Crippen molar-refractivity contribution in [3.05, 3.63) is 14.5 Å². The Hall–Kier alpha value is -0.720. The molecular formula is C15H24N2O2S2. The van der Waals surface area contributed by atoms with Crippen molar-refractivity contribution in [3.8, 4) is 0 Å². The first-order valence-corrected chi connectivity index (χ1v) is 8.92. The zero-order valence-corrected chi connectivity index (χ0v) is 14.1. The number of aromatic nitrogens is 1. The van der Waals surface area contributed by atoms with Crippen molar-refractivity contribution < 1.29 is 9.90 Å².